The Morgan fingerprint density at radius 1 is 1.39 bits per heavy atom. The van der Waals surface area contributed by atoms with Gasteiger partial charge >= 0.3 is 6.09 Å². The van der Waals surface area contributed by atoms with Gasteiger partial charge in [-0.1, -0.05) is 30.3 Å². The lowest BCUT2D eigenvalue weighted by molar-refractivity contribution is -0.123. The molecular formula is C15H18BrN3O4. The highest BCUT2D eigenvalue weighted by atomic mass is 79.9. The highest BCUT2D eigenvalue weighted by Crippen LogP contribution is 2.10. The number of nitrogens with one attached hydrogen (secondary N) is 3. The van der Waals surface area contributed by atoms with Crippen molar-refractivity contribution in [3.05, 3.63) is 46.6 Å². The van der Waals surface area contributed by atoms with Gasteiger partial charge in [-0.2, -0.15) is 0 Å². The zero-order chi connectivity index (χ0) is 16.7. The smallest absolute Gasteiger partial charge is 0.408 e. The van der Waals surface area contributed by atoms with Crippen LogP contribution in [0.1, 0.15) is 12.5 Å². The Hall–Kier alpha value is -2.06. The van der Waals surface area contributed by atoms with Gasteiger partial charge in [-0.15, -0.1) is 0 Å². The second kappa shape index (κ2) is 8.54. The molecule has 0 saturated heterocycles. The number of halogens is 1. The molecule has 8 heteroatoms. The summed E-state index contributed by atoms with van der Waals surface area (Å²) in [6, 6.07) is 8.60. The summed E-state index contributed by atoms with van der Waals surface area (Å²) in [6.45, 7) is 2.03. The van der Waals surface area contributed by atoms with Crippen LogP contribution in [0.2, 0.25) is 0 Å². The topological polar surface area (TPSA) is 88.7 Å². The zero-order valence-electron chi connectivity index (χ0n) is 12.5. The van der Waals surface area contributed by atoms with Crippen molar-refractivity contribution in [2.75, 3.05) is 6.54 Å². The molecule has 3 N–H and O–H groups in total. The van der Waals surface area contributed by atoms with Gasteiger partial charge in [0.15, 0.2) is 0 Å². The van der Waals surface area contributed by atoms with Crippen LogP contribution in [-0.4, -0.2) is 30.7 Å². The molecule has 0 fully saturated rings. The van der Waals surface area contributed by atoms with E-state index in [1.54, 1.807) is 13.0 Å². The van der Waals surface area contributed by atoms with Crippen LogP contribution in [0.5, 0.6) is 0 Å². The molecule has 0 aliphatic carbocycles. The van der Waals surface area contributed by atoms with Crippen molar-refractivity contribution >= 4 is 27.9 Å². The molecule has 1 unspecified atom stereocenters. The molecule has 0 bridgehead atoms. The van der Waals surface area contributed by atoms with Crippen molar-refractivity contribution in [3.8, 4) is 0 Å². The van der Waals surface area contributed by atoms with E-state index in [-0.39, 0.29) is 18.6 Å². The van der Waals surface area contributed by atoms with Crippen LogP contribution in [-0.2, 0) is 21.0 Å². The van der Waals surface area contributed by atoms with Crippen LogP contribution in [0.25, 0.3) is 0 Å². The minimum atomic E-state index is -0.708. The van der Waals surface area contributed by atoms with E-state index in [9.17, 15) is 9.59 Å². The average molecular weight is 384 g/mol. The van der Waals surface area contributed by atoms with Crippen molar-refractivity contribution < 1.29 is 19.2 Å². The minimum absolute atomic E-state index is 0.154. The zero-order valence-corrected chi connectivity index (χ0v) is 14.1. The Morgan fingerprint density at radius 3 is 2.78 bits per heavy atom. The van der Waals surface area contributed by atoms with Gasteiger partial charge in [0, 0.05) is 0 Å². The quantitative estimate of drug-likeness (QED) is 0.648. The summed E-state index contributed by atoms with van der Waals surface area (Å²) < 4.78 is 5.78. The molecule has 0 radical (unpaired) electrons. The Kier molecular flexibility index (Phi) is 6.42. The van der Waals surface area contributed by atoms with E-state index in [0.29, 0.717) is 11.2 Å². The fourth-order valence-electron chi connectivity index (χ4n) is 1.83. The highest BCUT2D eigenvalue weighted by molar-refractivity contribution is 9.11. The molecule has 0 saturated carbocycles. The van der Waals surface area contributed by atoms with Gasteiger partial charge in [-0.3, -0.25) is 15.1 Å². The van der Waals surface area contributed by atoms with Gasteiger partial charge in [0.05, 0.1) is 6.54 Å². The second-order valence-corrected chi connectivity index (χ2v) is 5.80. The summed E-state index contributed by atoms with van der Waals surface area (Å²) in [5.41, 5.74) is 3.50. The largest absolute Gasteiger partial charge is 0.445 e. The van der Waals surface area contributed by atoms with Gasteiger partial charge < -0.3 is 15.4 Å². The third kappa shape index (κ3) is 5.91. The van der Waals surface area contributed by atoms with Gasteiger partial charge in [0.1, 0.15) is 23.4 Å². The molecule has 124 valence electrons. The monoisotopic (exact) mass is 383 g/mol. The first-order valence-corrected chi connectivity index (χ1v) is 7.88. The fourth-order valence-corrected chi connectivity index (χ4v) is 2.21. The van der Waals surface area contributed by atoms with Crippen molar-refractivity contribution in [1.29, 1.82) is 0 Å². The molecule has 2 amide bonds. The first-order chi connectivity index (χ1) is 11.0. The van der Waals surface area contributed by atoms with E-state index in [0.717, 1.165) is 5.56 Å². The molecule has 1 aliphatic rings. The highest BCUT2D eigenvalue weighted by Gasteiger charge is 2.19. The van der Waals surface area contributed by atoms with Crippen LogP contribution >= 0.6 is 15.9 Å². The summed E-state index contributed by atoms with van der Waals surface area (Å²) in [5, 5.41) is 5.16. The first-order valence-electron chi connectivity index (χ1n) is 7.08. The Morgan fingerprint density at radius 2 is 2.13 bits per heavy atom. The number of hydrogen-bond donors (Lipinski definition) is 3. The molecule has 0 spiro atoms. The van der Waals surface area contributed by atoms with Gasteiger partial charge in [0.25, 0.3) is 0 Å². The number of carbonyl (C=O) groups excluding carboxylic acids is 2. The number of hydroxylamine groups is 1. The second-order valence-electron chi connectivity index (χ2n) is 4.95. The number of carbonyl (C=O) groups is 2. The minimum Gasteiger partial charge on any atom is -0.445 e. The molecule has 7 nitrogen and oxygen atoms in total. The first kappa shape index (κ1) is 17.3. The fraction of sp³-hybridized carbons (Fsp3) is 0.333. The summed E-state index contributed by atoms with van der Waals surface area (Å²) in [5.74, 6) is -0.318. The molecule has 2 atom stereocenters. The van der Waals surface area contributed by atoms with E-state index < -0.39 is 12.1 Å². The van der Waals surface area contributed by atoms with Crippen LogP contribution in [0.3, 0.4) is 0 Å². The van der Waals surface area contributed by atoms with Crippen LogP contribution < -0.4 is 16.1 Å². The number of rotatable bonds is 6. The molecule has 1 aliphatic heterocycles. The third-order valence-electron chi connectivity index (χ3n) is 3.06. The lowest BCUT2D eigenvalue weighted by atomic mass is 10.2. The summed E-state index contributed by atoms with van der Waals surface area (Å²) >= 11 is 3.22. The molecule has 2 rings (SSSR count). The Balaban J connectivity index is 1.67. The van der Waals surface area contributed by atoms with Crippen molar-refractivity contribution in [2.45, 2.75) is 25.7 Å². The van der Waals surface area contributed by atoms with E-state index in [1.807, 2.05) is 30.3 Å². The maximum Gasteiger partial charge on any atom is 0.408 e. The molecular weight excluding hydrogens is 366 g/mol. The number of ether oxygens (including phenoxy) is 1. The summed E-state index contributed by atoms with van der Waals surface area (Å²) in [7, 11) is 0. The third-order valence-corrected chi connectivity index (χ3v) is 3.48. The number of benzene rings is 1. The van der Waals surface area contributed by atoms with Gasteiger partial charge in [-0.05, 0) is 34.5 Å². The Labute approximate surface area is 142 Å². The number of amides is 2. The summed E-state index contributed by atoms with van der Waals surface area (Å²) in [4.78, 5) is 28.7. The number of hydrogen-bond acceptors (Lipinski definition) is 5. The normalized spacial score (nSPS) is 17.7. The van der Waals surface area contributed by atoms with Crippen LogP contribution in [0.4, 0.5) is 4.79 Å². The van der Waals surface area contributed by atoms with Crippen LogP contribution in [0, 0.1) is 0 Å². The van der Waals surface area contributed by atoms with E-state index in [2.05, 4.69) is 32.0 Å². The van der Waals surface area contributed by atoms with Crippen LogP contribution in [0.15, 0.2) is 41.0 Å². The lowest BCUT2D eigenvalue weighted by Crippen LogP contribution is -2.46. The summed E-state index contributed by atoms with van der Waals surface area (Å²) in [6.07, 6.45) is 0.885. The lowest BCUT2D eigenvalue weighted by Gasteiger charge is -2.15. The predicted octanol–water partition coefficient (Wildman–Crippen LogP) is 1.56. The van der Waals surface area contributed by atoms with Crippen molar-refractivity contribution in [2.24, 2.45) is 0 Å². The van der Waals surface area contributed by atoms with E-state index in [1.165, 1.54) is 0 Å². The van der Waals surface area contributed by atoms with Crippen molar-refractivity contribution in [1.82, 2.24) is 16.1 Å². The number of alkyl carbamates (subject to hydrolysis) is 1. The molecule has 1 aromatic carbocycles. The van der Waals surface area contributed by atoms with E-state index >= 15 is 0 Å². The molecule has 1 aromatic rings. The predicted molar refractivity (Wildman–Crippen MR) is 87.3 cm³/mol. The maximum absolute atomic E-state index is 11.9. The van der Waals surface area contributed by atoms with Crippen molar-refractivity contribution in [3.63, 3.8) is 0 Å². The molecule has 1 heterocycles. The molecule has 0 aromatic heterocycles. The standard InChI is InChI=1S/C15H18BrN3O4/c1-10(14(20)17-8-12-7-13(16)19-23-12)18-15(21)22-9-11-5-3-2-4-6-11/h2-7,10,12,19H,8-9H2,1H3,(H,17,20)(H,18,21)/t10?,12-/m0/s1. The molecule has 23 heavy (non-hydrogen) atoms. The Bertz CT molecular complexity index is 579. The van der Waals surface area contributed by atoms with Gasteiger partial charge in [-0.25, -0.2) is 4.79 Å². The maximum atomic E-state index is 11.9. The van der Waals surface area contributed by atoms with Gasteiger partial charge in [0.2, 0.25) is 5.91 Å². The average Bonchev–Trinajstić information content (AvgIpc) is 2.97. The SMILES string of the molecule is CC(NC(=O)OCc1ccccc1)C(=O)NC[C@@H]1C=C(Br)NO1. The van der Waals surface area contributed by atoms with E-state index in [4.69, 9.17) is 9.57 Å².